The van der Waals surface area contributed by atoms with Crippen molar-refractivity contribution in [2.24, 2.45) is 11.8 Å². The van der Waals surface area contributed by atoms with Crippen LogP contribution < -0.4 is 0 Å². The van der Waals surface area contributed by atoms with E-state index in [9.17, 15) is 19.2 Å². The summed E-state index contributed by atoms with van der Waals surface area (Å²) < 4.78 is 9.83. The maximum absolute atomic E-state index is 12.3. The Kier molecular flexibility index (Phi) is 2.72. The van der Waals surface area contributed by atoms with Crippen LogP contribution in [0.3, 0.4) is 0 Å². The molecule has 6 heteroatoms. The summed E-state index contributed by atoms with van der Waals surface area (Å²) in [6.45, 7) is 6.86. The molecule has 0 amide bonds. The van der Waals surface area contributed by atoms with Gasteiger partial charge in [0.05, 0.1) is 0 Å². The SMILES string of the molecule is CC1=C2C(=O)OC(=O)C3=C(C)C(C)=C4C(=O)OC(=O)C(=C1C)C4C23. The van der Waals surface area contributed by atoms with Crippen LogP contribution in [0, 0.1) is 11.8 Å². The van der Waals surface area contributed by atoms with E-state index in [4.69, 9.17) is 9.47 Å². The summed E-state index contributed by atoms with van der Waals surface area (Å²) in [4.78, 5) is 49.3. The molecular formula is C18H14O6. The maximum Gasteiger partial charge on any atom is 0.342 e. The summed E-state index contributed by atoms with van der Waals surface area (Å²) in [6, 6.07) is 0. The van der Waals surface area contributed by atoms with Crippen LogP contribution in [0.2, 0.25) is 0 Å². The van der Waals surface area contributed by atoms with Gasteiger partial charge in [0.1, 0.15) is 0 Å². The zero-order valence-electron chi connectivity index (χ0n) is 13.6. The van der Waals surface area contributed by atoms with E-state index in [2.05, 4.69) is 0 Å². The monoisotopic (exact) mass is 326 g/mol. The molecule has 0 aromatic rings. The molecule has 0 radical (unpaired) electrons. The Labute approximate surface area is 137 Å². The molecule has 2 saturated heterocycles. The van der Waals surface area contributed by atoms with Crippen LogP contribution in [0.1, 0.15) is 27.7 Å². The Bertz CT molecular complexity index is 773. The summed E-state index contributed by atoms with van der Waals surface area (Å²) in [7, 11) is 0. The van der Waals surface area contributed by atoms with Gasteiger partial charge in [-0.25, -0.2) is 19.2 Å². The van der Waals surface area contributed by atoms with E-state index in [0.29, 0.717) is 44.6 Å². The second-order valence-electron chi connectivity index (χ2n) is 6.46. The molecule has 2 aliphatic carbocycles. The molecule has 24 heavy (non-hydrogen) atoms. The lowest BCUT2D eigenvalue weighted by Gasteiger charge is -2.44. The van der Waals surface area contributed by atoms with Crippen LogP contribution in [0.15, 0.2) is 44.6 Å². The first-order chi connectivity index (χ1) is 11.3. The van der Waals surface area contributed by atoms with Crippen molar-refractivity contribution in [3.05, 3.63) is 44.6 Å². The number of allylic oxidation sites excluding steroid dienone is 4. The molecule has 2 heterocycles. The third-order valence-corrected chi connectivity index (χ3v) is 5.57. The van der Waals surface area contributed by atoms with E-state index in [1.54, 1.807) is 27.7 Å². The molecule has 2 aliphatic heterocycles. The van der Waals surface area contributed by atoms with Crippen LogP contribution in [-0.4, -0.2) is 23.9 Å². The van der Waals surface area contributed by atoms with E-state index in [1.165, 1.54) is 0 Å². The van der Waals surface area contributed by atoms with Gasteiger partial charge in [0.15, 0.2) is 0 Å². The van der Waals surface area contributed by atoms with Crippen molar-refractivity contribution in [3.63, 3.8) is 0 Å². The summed E-state index contributed by atoms with van der Waals surface area (Å²) in [6.07, 6.45) is 0. The fourth-order valence-corrected chi connectivity index (χ4v) is 4.20. The Morgan fingerprint density at radius 1 is 0.500 bits per heavy atom. The average Bonchev–Trinajstić information content (AvgIpc) is 2.49. The molecule has 0 saturated carbocycles. The molecule has 4 rings (SSSR count). The topological polar surface area (TPSA) is 86.7 Å². The second-order valence-corrected chi connectivity index (χ2v) is 6.46. The van der Waals surface area contributed by atoms with E-state index in [1.807, 2.05) is 0 Å². The van der Waals surface area contributed by atoms with E-state index in [0.717, 1.165) is 0 Å². The minimum Gasteiger partial charge on any atom is -0.386 e. The number of esters is 4. The third kappa shape index (κ3) is 1.50. The Hall–Kier alpha value is -2.76. The minimum absolute atomic E-state index is 0.350. The van der Waals surface area contributed by atoms with Crippen molar-refractivity contribution in [3.8, 4) is 0 Å². The molecule has 0 spiro atoms. The molecule has 2 fully saturated rings. The average molecular weight is 326 g/mol. The zero-order chi connectivity index (χ0) is 17.5. The molecule has 0 aromatic carbocycles. The predicted molar refractivity (Wildman–Crippen MR) is 80.0 cm³/mol. The molecule has 4 aliphatic rings. The van der Waals surface area contributed by atoms with Gasteiger partial charge in [-0.15, -0.1) is 0 Å². The second kappa shape index (κ2) is 4.41. The Morgan fingerprint density at radius 3 is 0.917 bits per heavy atom. The third-order valence-electron chi connectivity index (χ3n) is 5.57. The largest absolute Gasteiger partial charge is 0.386 e. The Balaban J connectivity index is 2.16. The Morgan fingerprint density at radius 2 is 0.708 bits per heavy atom. The quantitative estimate of drug-likeness (QED) is 0.497. The van der Waals surface area contributed by atoms with Gasteiger partial charge in [-0.3, -0.25) is 0 Å². The van der Waals surface area contributed by atoms with Gasteiger partial charge >= 0.3 is 23.9 Å². The molecule has 0 N–H and O–H groups in total. The molecule has 122 valence electrons. The number of ether oxygens (including phenoxy) is 2. The number of hydrogen-bond donors (Lipinski definition) is 0. The standard InChI is InChI=1S/C18H14O6/c1-5-6(2)10-14-12(18(22)24-16(10)20)8(4)7(3)11-13(14)9(5)15(19)23-17(11)21/h13-14H,1-4H3. The molecule has 0 bridgehead atoms. The fourth-order valence-electron chi connectivity index (χ4n) is 4.20. The van der Waals surface area contributed by atoms with Crippen molar-refractivity contribution < 1.29 is 28.7 Å². The zero-order valence-corrected chi connectivity index (χ0v) is 13.6. The van der Waals surface area contributed by atoms with Crippen LogP contribution in [0.25, 0.3) is 0 Å². The first-order valence-electron chi connectivity index (χ1n) is 7.62. The van der Waals surface area contributed by atoms with Crippen molar-refractivity contribution in [2.75, 3.05) is 0 Å². The van der Waals surface area contributed by atoms with E-state index < -0.39 is 35.7 Å². The lowest BCUT2D eigenvalue weighted by atomic mass is 9.60. The highest BCUT2D eigenvalue weighted by molar-refractivity contribution is 6.15. The summed E-state index contributed by atoms with van der Waals surface area (Å²) in [5, 5.41) is 0. The van der Waals surface area contributed by atoms with Crippen LogP contribution in [0.4, 0.5) is 0 Å². The van der Waals surface area contributed by atoms with Crippen LogP contribution in [-0.2, 0) is 28.7 Å². The van der Waals surface area contributed by atoms with Gasteiger partial charge < -0.3 is 9.47 Å². The lowest BCUT2D eigenvalue weighted by molar-refractivity contribution is -0.161. The van der Waals surface area contributed by atoms with Crippen LogP contribution >= 0.6 is 0 Å². The van der Waals surface area contributed by atoms with Gasteiger partial charge in [-0.1, -0.05) is 0 Å². The first kappa shape index (κ1) is 14.8. The van der Waals surface area contributed by atoms with E-state index in [-0.39, 0.29) is 0 Å². The predicted octanol–water partition coefficient (Wildman–Crippen LogP) is 1.68. The highest BCUT2D eigenvalue weighted by Crippen LogP contribution is 2.54. The van der Waals surface area contributed by atoms with Gasteiger partial charge in [0.2, 0.25) is 0 Å². The molecular weight excluding hydrogens is 312 g/mol. The van der Waals surface area contributed by atoms with Crippen molar-refractivity contribution in [1.82, 2.24) is 0 Å². The van der Waals surface area contributed by atoms with Crippen molar-refractivity contribution in [2.45, 2.75) is 27.7 Å². The summed E-state index contributed by atoms with van der Waals surface area (Å²) in [5.41, 5.74) is 3.79. The number of hydrogen-bond acceptors (Lipinski definition) is 6. The molecule has 0 aromatic heterocycles. The number of cyclic esters (lactones) is 4. The number of carbonyl (C=O) groups is 4. The van der Waals surface area contributed by atoms with Gasteiger partial charge in [-0.05, 0) is 50.0 Å². The smallest absolute Gasteiger partial charge is 0.342 e. The van der Waals surface area contributed by atoms with Gasteiger partial charge in [0, 0.05) is 34.1 Å². The van der Waals surface area contributed by atoms with Crippen molar-refractivity contribution >= 4 is 23.9 Å². The normalized spacial score (nSPS) is 29.2. The summed E-state index contributed by atoms with van der Waals surface area (Å²) >= 11 is 0. The number of rotatable bonds is 0. The van der Waals surface area contributed by atoms with E-state index >= 15 is 0 Å². The lowest BCUT2D eigenvalue weighted by Crippen LogP contribution is -2.47. The minimum atomic E-state index is -0.706. The highest BCUT2D eigenvalue weighted by Gasteiger charge is 2.56. The summed E-state index contributed by atoms with van der Waals surface area (Å²) in [5.74, 6) is -4.14. The first-order valence-corrected chi connectivity index (χ1v) is 7.62. The maximum atomic E-state index is 12.3. The highest BCUT2D eigenvalue weighted by atomic mass is 16.6. The van der Waals surface area contributed by atoms with Gasteiger partial charge in [-0.2, -0.15) is 0 Å². The molecule has 0 unspecified atom stereocenters. The number of carbonyl (C=O) groups excluding carboxylic acids is 4. The fraction of sp³-hybridized carbons (Fsp3) is 0.333. The molecule has 6 nitrogen and oxygen atoms in total. The van der Waals surface area contributed by atoms with Crippen LogP contribution in [0.5, 0.6) is 0 Å². The van der Waals surface area contributed by atoms with Crippen molar-refractivity contribution in [1.29, 1.82) is 0 Å². The van der Waals surface area contributed by atoms with Gasteiger partial charge in [0.25, 0.3) is 0 Å². The molecule has 0 atom stereocenters.